The third kappa shape index (κ3) is 5.34. The van der Waals surface area contributed by atoms with Crippen LogP contribution in [0.15, 0.2) is 47.6 Å². The molecular weight excluding hydrogens is 440 g/mol. The zero-order valence-electron chi connectivity index (χ0n) is 21.2. The molecule has 0 spiro atoms. The largest absolute Gasteiger partial charge is 0.393 e. The van der Waals surface area contributed by atoms with Gasteiger partial charge in [-0.3, -0.25) is 4.79 Å². The van der Waals surface area contributed by atoms with E-state index < -0.39 is 12.2 Å². The number of hydrogen-bond acceptors (Lipinski definition) is 4. The van der Waals surface area contributed by atoms with Crippen molar-refractivity contribution in [3.8, 4) is 0 Å². The molecule has 1 aromatic heterocycles. The van der Waals surface area contributed by atoms with Gasteiger partial charge in [-0.05, 0) is 105 Å². The van der Waals surface area contributed by atoms with Crippen LogP contribution >= 0.6 is 11.3 Å². The van der Waals surface area contributed by atoms with Crippen LogP contribution in [0.4, 0.5) is 0 Å². The quantitative estimate of drug-likeness (QED) is 0.404. The van der Waals surface area contributed by atoms with Gasteiger partial charge in [0.05, 0.1) is 17.1 Å². The predicted molar refractivity (Wildman–Crippen MR) is 141 cm³/mol. The maximum Gasteiger partial charge on any atom is 0.172 e. The summed E-state index contributed by atoms with van der Waals surface area (Å²) in [5.41, 5.74) is 3.64. The number of allylic oxidation sites excluding steroid dienone is 3. The molecule has 4 rings (SSSR count). The Balaban J connectivity index is 1.38. The van der Waals surface area contributed by atoms with Crippen LogP contribution in [-0.2, 0) is 0 Å². The van der Waals surface area contributed by atoms with Gasteiger partial charge < -0.3 is 10.2 Å². The topological polar surface area (TPSA) is 57.5 Å². The SMILES string of the molecule is C=C1/C(=C/C=C2/CCC[C@@]3(C)C2CC[C@@H]3C(C)CCCC(=O)c2ccc(C)s2)C[C@@H](O)C[C@@H]1O. The van der Waals surface area contributed by atoms with E-state index in [0.717, 1.165) is 35.3 Å². The Labute approximate surface area is 209 Å². The highest BCUT2D eigenvalue weighted by atomic mass is 32.1. The molecule has 2 N–H and O–H groups in total. The third-order valence-corrected chi connectivity index (χ3v) is 10.1. The van der Waals surface area contributed by atoms with Gasteiger partial charge in [0.2, 0.25) is 0 Å². The van der Waals surface area contributed by atoms with Gasteiger partial charge in [-0.1, -0.05) is 38.2 Å². The number of aryl methyl sites for hydroxylation is 1. The fourth-order valence-electron chi connectivity index (χ4n) is 7.17. The van der Waals surface area contributed by atoms with Crippen LogP contribution < -0.4 is 0 Å². The molecule has 0 saturated heterocycles. The number of hydrogen-bond donors (Lipinski definition) is 2. The lowest BCUT2D eigenvalue weighted by Gasteiger charge is -2.44. The number of thiophene rings is 1. The lowest BCUT2D eigenvalue weighted by atomic mass is 9.60. The van der Waals surface area contributed by atoms with Gasteiger partial charge in [0.15, 0.2) is 5.78 Å². The molecular formula is C30H42O3S. The number of carbonyl (C=O) groups excluding carboxylic acids is 1. The molecule has 1 aromatic rings. The number of carbonyl (C=O) groups is 1. The Morgan fingerprint density at radius 3 is 2.82 bits per heavy atom. The van der Waals surface area contributed by atoms with E-state index in [1.54, 1.807) is 16.9 Å². The fraction of sp³-hybridized carbons (Fsp3) is 0.633. The first-order valence-electron chi connectivity index (χ1n) is 13.2. The molecule has 3 fully saturated rings. The lowest BCUT2D eigenvalue weighted by molar-refractivity contribution is 0.0859. The van der Waals surface area contributed by atoms with Crippen LogP contribution in [0, 0.1) is 30.1 Å². The summed E-state index contributed by atoms with van der Waals surface area (Å²) < 4.78 is 0. The lowest BCUT2D eigenvalue weighted by Crippen LogP contribution is -2.36. The zero-order valence-corrected chi connectivity index (χ0v) is 22.0. The molecule has 0 aliphatic heterocycles. The van der Waals surface area contributed by atoms with Gasteiger partial charge >= 0.3 is 0 Å². The Kier molecular flexibility index (Phi) is 8.01. The van der Waals surface area contributed by atoms with E-state index in [9.17, 15) is 15.0 Å². The number of rotatable bonds is 7. The first-order chi connectivity index (χ1) is 16.2. The van der Waals surface area contributed by atoms with Crippen molar-refractivity contribution in [2.24, 2.45) is 23.2 Å². The number of Topliss-reactive ketones (excluding diaryl/α,β-unsaturated/α-hetero) is 1. The normalized spacial score (nSPS) is 35.0. The van der Waals surface area contributed by atoms with Crippen LogP contribution in [0.2, 0.25) is 0 Å². The van der Waals surface area contributed by atoms with Gasteiger partial charge in [-0.15, -0.1) is 11.3 Å². The van der Waals surface area contributed by atoms with Crippen molar-refractivity contribution in [3.05, 3.63) is 57.3 Å². The van der Waals surface area contributed by atoms with Crippen molar-refractivity contribution < 1.29 is 15.0 Å². The van der Waals surface area contributed by atoms with Crippen LogP contribution in [0.1, 0.15) is 92.6 Å². The molecule has 1 heterocycles. The number of fused-ring (bicyclic) bond motifs is 1. The minimum Gasteiger partial charge on any atom is -0.393 e. The third-order valence-electron chi connectivity index (χ3n) is 9.07. The molecule has 34 heavy (non-hydrogen) atoms. The van der Waals surface area contributed by atoms with Gasteiger partial charge in [0, 0.05) is 17.7 Å². The zero-order chi connectivity index (χ0) is 24.5. The van der Waals surface area contributed by atoms with Crippen molar-refractivity contribution in [1.29, 1.82) is 0 Å². The summed E-state index contributed by atoms with van der Waals surface area (Å²) in [6.07, 6.45) is 13.3. The van der Waals surface area contributed by atoms with E-state index >= 15 is 0 Å². The summed E-state index contributed by atoms with van der Waals surface area (Å²) in [6.45, 7) is 11.0. The van der Waals surface area contributed by atoms with E-state index in [1.807, 2.05) is 12.1 Å². The van der Waals surface area contributed by atoms with E-state index in [2.05, 4.69) is 39.5 Å². The summed E-state index contributed by atoms with van der Waals surface area (Å²) in [5, 5.41) is 20.3. The number of ketones is 1. The van der Waals surface area contributed by atoms with E-state index in [-0.39, 0.29) is 0 Å². The summed E-state index contributed by atoms with van der Waals surface area (Å²) in [7, 11) is 0. The predicted octanol–water partition coefficient (Wildman–Crippen LogP) is 7.19. The fourth-order valence-corrected chi connectivity index (χ4v) is 8.01. The number of aliphatic hydroxyl groups is 2. The van der Waals surface area contributed by atoms with Crippen molar-refractivity contribution in [3.63, 3.8) is 0 Å². The van der Waals surface area contributed by atoms with Crippen molar-refractivity contribution in [2.45, 2.75) is 97.2 Å². The molecule has 0 amide bonds. The Bertz CT molecular complexity index is 969. The highest BCUT2D eigenvalue weighted by Crippen LogP contribution is 2.60. The molecule has 0 aromatic carbocycles. The summed E-state index contributed by atoms with van der Waals surface area (Å²) in [4.78, 5) is 14.6. The van der Waals surface area contributed by atoms with Gasteiger partial charge in [-0.2, -0.15) is 0 Å². The summed E-state index contributed by atoms with van der Waals surface area (Å²) in [5.74, 6) is 2.26. The van der Waals surface area contributed by atoms with Crippen molar-refractivity contribution in [2.75, 3.05) is 0 Å². The molecule has 0 bridgehead atoms. The van der Waals surface area contributed by atoms with E-state index in [0.29, 0.717) is 48.2 Å². The molecule has 3 nitrogen and oxygen atoms in total. The minimum atomic E-state index is -0.627. The highest BCUT2D eigenvalue weighted by Gasteiger charge is 2.50. The standard InChI is InChI=1S/C30H42O3S/c1-19(7-5-9-27(32)29-15-10-20(2)34-29)25-13-14-26-22(8-6-16-30(25,26)4)11-12-23-17-24(31)18-28(33)21(23)3/h10-12,15,19,24-26,28,31,33H,3,5-9,13-14,16-18H2,1-2,4H3/b22-11-,23-12+/t19?,24-,25-,26?,28+,30-/m1/s1. The molecule has 0 radical (unpaired) electrons. The average Bonchev–Trinajstić information content (AvgIpc) is 3.38. The second kappa shape index (κ2) is 10.6. The minimum absolute atomic E-state index is 0.302. The maximum atomic E-state index is 12.5. The Morgan fingerprint density at radius 1 is 1.29 bits per heavy atom. The maximum absolute atomic E-state index is 12.5. The Morgan fingerprint density at radius 2 is 2.09 bits per heavy atom. The highest BCUT2D eigenvalue weighted by molar-refractivity contribution is 7.14. The smallest absolute Gasteiger partial charge is 0.172 e. The second-order valence-corrected chi connectivity index (χ2v) is 12.7. The van der Waals surface area contributed by atoms with Crippen molar-refractivity contribution >= 4 is 17.1 Å². The summed E-state index contributed by atoms with van der Waals surface area (Å²) in [6, 6.07) is 4.02. The number of aliphatic hydroxyl groups excluding tert-OH is 2. The molecule has 3 saturated carbocycles. The monoisotopic (exact) mass is 482 g/mol. The molecule has 3 aliphatic carbocycles. The Hall–Kier alpha value is -1.49. The van der Waals surface area contributed by atoms with E-state index in [4.69, 9.17) is 0 Å². The molecule has 4 heteroatoms. The van der Waals surface area contributed by atoms with Crippen LogP contribution in [0.5, 0.6) is 0 Å². The molecule has 3 aliphatic rings. The van der Waals surface area contributed by atoms with Gasteiger partial charge in [0.1, 0.15) is 0 Å². The molecule has 186 valence electrons. The summed E-state index contributed by atoms with van der Waals surface area (Å²) >= 11 is 1.62. The van der Waals surface area contributed by atoms with Gasteiger partial charge in [0.25, 0.3) is 0 Å². The van der Waals surface area contributed by atoms with Crippen LogP contribution in [-0.4, -0.2) is 28.2 Å². The first kappa shape index (κ1) is 25.6. The average molecular weight is 483 g/mol. The van der Waals surface area contributed by atoms with Crippen LogP contribution in [0.3, 0.4) is 0 Å². The molecule has 2 unspecified atom stereocenters. The molecule has 6 atom stereocenters. The first-order valence-corrected chi connectivity index (χ1v) is 14.0. The van der Waals surface area contributed by atoms with Crippen molar-refractivity contribution in [1.82, 2.24) is 0 Å². The van der Waals surface area contributed by atoms with Gasteiger partial charge in [-0.25, -0.2) is 0 Å². The van der Waals surface area contributed by atoms with Crippen LogP contribution in [0.25, 0.3) is 0 Å². The van der Waals surface area contributed by atoms with E-state index in [1.165, 1.54) is 30.6 Å². The second-order valence-electron chi connectivity index (χ2n) is 11.4.